The highest BCUT2D eigenvalue weighted by molar-refractivity contribution is 9.10. The average molecular weight is 340 g/mol. The van der Waals surface area contributed by atoms with Crippen LogP contribution >= 0.6 is 15.9 Å². The minimum absolute atomic E-state index is 0.389. The summed E-state index contributed by atoms with van der Waals surface area (Å²) in [5.41, 5.74) is 7.35. The third kappa shape index (κ3) is 2.94. The number of nitrogens with two attached hydrogens (primary N) is 1. The smallest absolute Gasteiger partial charge is 0.132 e. The van der Waals surface area contributed by atoms with Crippen molar-refractivity contribution in [3.8, 4) is 11.5 Å². The van der Waals surface area contributed by atoms with Crippen LogP contribution in [0, 0.1) is 5.82 Å². The van der Waals surface area contributed by atoms with Gasteiger partial charge >= 0.3 is 0 Å². The Balaban J connectivity index is 2.38. The molecule has 20 heavy (non-hydrogen) atoms. The van der Waals surface area contributed by atoms with Gasteiger partial charge in [-0.05, 0) is 23.8 Å². The minimum Gasteiger partial charge on any atom is -0.497 e. The third-order valence-corrected chi connectivity index (χ3v) is 3.77. The van der Waals surface area contributed by atoms with Crippen molar-refractivity contribution in [2.45, 2.75) is 6.04 Å². The third-order valence-electron chi connectivity index (χ3n) is 3.09. The topological polar surface area (TPSA) is 44.5 Å². The molecule has 5 heteroatoms. The molecule has 0 spiro atoms. The predicted octanol–water partition coefficient (Wildman–Crippen LogP) is 3.65. The Bertz CT molecular complexity index is 565. The first kappa shape index (κ1) is 14.8. The van der Waals surface area contributed by atoms with Crippen molar-refractivity contribution in [1.29, 1.82) is 0 Å². The molecule has 0 fully saturated rings. The number of hydrogen-bond acceptors (Lipinski definition) is 3. The first-order valence-corrected chi connectivity index (χ1v) is 6.78. The Morgan fingerprint density at radius 1 is 1.00 bits per heavy atom. The van der Waals surface area contributed by atoms with Gasteiger partial charge < -0.3 is 15.2 Å². The van der Waals surface area contributed by atoms with E-state index in [9.17, 15) is 4.39 Å². The van der Waals surface area contributed by atoms with E-state index in [0.717, 1.165) is 10.0 Å². The number of methoxy groups -OCH3 is 2. The van der Waals surface area contributed by atoms with Crippen LogP contribution < -0.4 is 15.2 Å². The molecule has 0 saturated heterocycles. The largest absolute Gasteiger partial charge is 0.497 e. The van der Waals surface area contributed by atoms with Crippen LogP contribution in [-0.2, 0) is 0 Å². The number of rotatable bonds is 4. The fraction of sp³-hybridized carbons (Fsp3) is 0.200. The lowest BCUT2D eigenvalue weighted by atomic mass is 9.99. The highest BCUT2D eigenvalue weighted by atomic mass is 79.9. The summed E-state index contributed by atoms with van der Waals surface area (Å²) in [5.74, 6) is 0.787. The SMILES string of the molecule is COc1ccc(C(N)c2ccc(OC)cc2Br)c(F)c1. The van der Waals surface area contributed by atoms with Crippen LogP contribution in [0.25, 0.3) is 0 Å². The molecule has 2 rings (SSSR count). The van der Waals surface area contributed by atoms with E-state index in [1.165, 1.54) is 13.2 Å². The molecule has 0 radical (unpaired) electrons. The molecule has 0 aromatic heterocycles. The maximum atomic E-state index is 14.1. The van der Waals surface area contributed by atoms with Crippen LogP contribution in [0.4, 0.5) is 4.39 Å². The summed E-state index contributed by atoms with van der Waals surface area (Å²) < 4.78 is 24.9. The molecular weight excluding hydrogens is 325 g/mol. The van der Waals surface area contributed by atoms with Gasteiger partial charge in [-0.15, -0.1) is 0 Å². The molecule has 0 amide bonds. The number of hydrogen-bond donors (Lipinski definition) is 1. The van der Waals surface area contributed by atoms with Crippen molar-refractivity contribution in [3.63, 3.8) is 0 Å². The van der Waals surface area contributed by atoms with E-state index >= 15 is 0 Å². The maximum absolute atomic E-state index is 14.1. The molecule has 2 aromatic rings. The monoisotopic (exact) mass is 339 g/mol. The van der Waals surface area contributed by atoms with Crippen LogP contribution in [0.3, 0.4) is 0 Å². The van der Waals surface area contributed by atoms with Gasteiger partial charge in [0.2, 0.25) is 0 Å². The van der Waals surface area contributed by atoms with Gasteiger partial charge in [0.15, 0.2) is 0 Å². The highest BCUT2D eigenvalue weighted by Crippen LogP contribution is 2.32. The van der Waals surface area contributed by atoms with Gasteiger partial charge in [0.1, 0.15) is 17.3 Å². The summed E-state index contributed by atoms with van der Waals surface area (Å²) >= 11 is 3.43. The van der Waals surface area contributed by atoms with Crippen molar-refractivity contribution in [2.75, 3.05) is 14.2 Å². The maximum Gasteiger partial charge on any atom is 0.132 e. The van der Waals surface area contributed by atoms with E-state index in [2.05, 4.69) is 15.9 Å². The lowest BCUT2D eigenvalue weighted by Gasteiger charge is -2.16. The Hall–Kier alpha value is -1.59. The standard InChI is InChI=1S/C15H15BrFNO2/c1-19-9-3-5-11(13(16)7-9)15(18)12-6-4-10(20-2)8-14(12)17/h3-8,15H,18H2,1-2H3. The van der Waals surface area contributed by atoms with Gasteiger partial charge in [-0.2, -0.15) is 0 Å². The minimum atomic E-state index is -0.568. The average Bonchev–Trinajstić information content (AvgIpc) is 2.46. The molecule has 2 N–H and O–H groups in total. The van der Waals surface area contributed by atoms with Crippen LogP contribution in [-0.4, -0.2) is 14.2 Å². The molecule has 0 aliphatic rings. The van der Waals surface area contributed by atoms with Gasteiger partial charge in [-0.1, -0.05) is 28.1 Å². The van der Waals surface area contributed by atoms with Gasteiger partial charge in [-0.3, -0.25) is 0 Å². The second-order valence-corrected chi connectivity index (χ2v) is 5.11. The molecule has 106 valence electrons. The van der Waals surface area contributed by atoms with Crippen LogP contribution in [0.2, 0.25) is 0 Å². The number of halogens is 2. The first-order valence-electron chi connectivity index (χ1n) is 5.99. The van der Waals surface area contributed by atoms with Crippen molar-refractivity contribution in [2.24, 2.45) is 5.73 Å². The zero-order valence-corrected chi connectivity index (χ0v) is 12.8. The fourth-order valence-electron chi connectivity index (χ4n) is 1.94. The first-order chi connectivity index (χ1) is 9.56. The second kappa shape index (κ2) is 6.24. The van der Waals surface area contributed by atoms with Crippen LogP contribution in [0.5, 0.6) is 11.5 Å². The van der Waals surface area contributed by atoms with Crippen LogP contribution in [0.1, 0.15) is 17.2 Å². The van der Waals surface area contributed by atoms with Crippen molar-refractivity contribution >= 4 is 15.9 Å². The second-order valence-electron chi connectivity index (χ2n) is 4.25. The van der Waals surface area contributed by atoms with E-state index in [1.807, 2.05) is 6.07 Å². The Morgan fingerprint density at radius 2 is 1.55 bits per heavy atom. The molecular formula is C15H15BrFNO2. The molecule has 2 aromatic carbocycles. The summed E-state index contributed by atoms with van der Waals surface area (Å²) in [6.45, 7) is 0. The lowest BCUT2D eigenvalue weighted by molar-refractivity contribution is 0.410. The summed E-state index contributed by atoms with van der Waals surface area (Å²) in [7, 11) is 3.08. The molecule has 0 saturated carbocycles. The van der Waals surface area contributed by atoms with E-state index in [4.69, 9.17) is 15.2 Å². The molecule has 0 aliphatic carbocycles. The normalized spacial score (nSPS) is 12.1. The quantitative estimate of drug-likeness (QED) is 0.924. The van der Waals surface area contributed by atoms with Gasteiger partial charge in [0, 0.05) is 16.1 Å². The number of benzene rings is 2. The van der Waals surface area contributed by atoms with E-state index in [1.54, 1.807) is 31.4 Å². The van der Waals surface area contributed by atoms with E-state index in [-0.39, 0.29) is 5.82 Å². The fourth-order valence-corrected chi connectivity index (χ4v) is 2.55. The van der Waals surface area contributed by atoms with Gasteiger partial charge in [0.05, 0.1) is 20.3 Å². The van der Waals surface area contributed by atoms with Crippen molar-refractivity contribution in [1.82, 2.24) is 0 Å². The lowest BCUT2D eigenvalue weighted by Crippen LogP contribution is -2.14. The summed E-state index contributed by atoms with van der Waals surface area (Å²) in [6.07, 6.45) is 0. The van der Waals surface area contributed by atoms with Crippen LogP contribution in [0.15, 0.2) is 40.9 Å². The highest BCUT2D eigenvalue weighted by Gasteiger charge is 2.17. The summed E-state index contributed by atoms with van der Waals surface area (Å²) in [4.78, 5) is 0. The predicted molar refractivity (Wildman–Crippen MR) is 79.7 cm³/mol. The van der Waals surface area contributed by atoms with Gasteiger partial charge in [0.25, 0.3) is 0 Å². The Labute approximate surface area is 125 Å². The number of ether oxygens (including phenoxy) is 2. The molecule has 0 heterocycles. The van der Waals surface area contributed by atoms with Crippen molar-refractivity contribution < 1.29 is 13.9 Å². The van der Waals surface area contributed by atoms with Gasteiger partial charge in [-0.25, -0.2) is 4.39 Å². The molecule has 1 atom stereocenters. The zero-order valence-electron chi connectivity index (χ0n) is 11.2. The molecule has 0 aliphatic heterocycles. The molecule has 1 unspecified atom stereocenters. The zero-order chi connectivity index (χ0) is 14.7. The molecule has 0 bridgehead atoms. The van der Waals surface area contributed by atoms with E-state index in [0.29, 0.717) is 17.1 Å². The molecule has 3 nitrogen and oxygen atoms in total. The summed E-state index contributed by atoms with van der Waals surface area (Å²) in [5, 5.41) is 0. The Kier molecular flexibility index (Phi) is 4.62. The Morgan fingerprint density at radius 3 is 2.05 bits per heavy atom. The summed E-state index contributed by atoms with van der Waals surface area (Å²) in [6, 6.07) is 9.49. The van der Waals surface area contributed by atoms with Crippen molar-refractivity contribution in [3.05, 3.63) is 57.8 Å². The van der Waals surface area contributed by atoms with E-state index < -0.39 is 6.04 Å².